The molecule has 0 fully saturated rings. The maximum Gasteiger partial charge on any atom is 0.135 e. The summed E-state index contributed by atoms with van der Waals surface area (Å²) in [5.74, 6) is 2.46. The zero-order valence-corrected chi connectivity index (χ0v) is 13.3. The number of nitrogen functional groups attached to an aromatic ring is 1. The van der Waals surface area contributed by atoms with E-state index < -0.39 is 0 Å². The summed E-state index contributed by atoms with van der Waals surface area (Å²) in [4.78, 5) is 10.3. The van der Waals surface area contributed by atoms with Crippen LogP contribution in [0, 0.1) is 6.92 Å². The number of nitrogens with zero attached hydrogens (tertiary/aromatic N) is 2. The van der Waals surface area contributed by atoms with Gasteiger partial charge in [-0.05, 0) is 24.8 Å². The quantitative estimate of drug-likeness (QED) is 0.869. The Bertz CT molecular complexity index is 564. The summed E-state index contributed by atoms with van der Waals surface area (Å²) in [5, 5.41) is 5.61. The predicted molar refractivity (Wildman–Crippen MR) is 86.2 cm³/mol. The molecule has 0 saturated heterocycles. The number of nitrogens with one attached hydrogen (secondary N) is 1. The highest BCUT2D eigenvalue weighted by atomic mass is 32.1. The number of hydrogen-bond donors (Lipinski definition) is 2. The van der Waals surface area contributed by atoms with E-state index in [-0.39, 0.29) is 12.0 Å². The predicted octanol–water partition coefficient (Wildman–Crippen LogP) is 4.12. The van der Waals surface area contributed by atoms with Crippen LogP contribution in [0.25, 0.3) is 0 Å². The van der Waals surface area contributed by atoms with Gasteiger partial charge in [-0.1, -0.05) is 26.8 Å². The summed E-state index contributed by atoms with van der Waals surface area (Å²) in [6, 6.07) is 4.49. The van der Waals surface area contributed by atoms with E-state index in [1.807, 2.05) is 6.92 Å². The Morgan fingerprint density at radius 3 is 2.65 bits per heavy atom. The first-order valence-electron chi connectivity index (χ1n) is 6.96. The van der Waals surface area contributed by atoms with Crippen LogP contribution < -0.4 is 11.1 Å². The first-order valence-corrected chi connectivity index (χ1v) is 7.84. The van der Waals surface area contributed by atoms with Gasteiger partial charge in [0.25, 0.3) is 0 Å². The van der Waals surface area contributed by atoms with Crippen molar-refractivity contribution in [1.29, 1.82) is 0 Å². The highest BCUT2D eigenvalue weighted by molar-refractivity contribution is 7.10. The minimum atomic E-state index is 0.264. The monoisotopic (exact) mass is 290 g/mol. The molecule has 0 aliphatic heterocycles. The maximum atomic E-state index is 6.01. The molecule has 2 heterocycles. The summed E-state index contributed by atoms with van der Waals surface area (Å²) in [5.41, 5.74) is 6.93. The van der Waals surface area contributed by atoms with E-state index in [1.165, 1.54) is 4.88 Å². The zero-order valence-electron chi connectivity index (χ0n) is 12.5. The van der Waals surface area contributed by atoms with Crippen molar-refractivity contribution in [2.75, 3.05) is 11.1 Å². The second-order valence-electron chi connectivity index (χ2n) is 5.22. The van der Waals surface area contributed by atoms with E-state index in [1.54, 1.807) is 11.3 Å². The first kappa shape index (κ1) is 14.8. The highest BCUT2D eigenvalue weighted by Crippen LogP contribution is 2.28. The second kappa shape index (κ2) is 6.22. The van der Waals surface area contributed by atoms with Gasteiger partial charge in [0, 0.05) is 16.4 Å². The molecule has 0 amide bonds. The molecule has 1 unspecified atom stereocenters. The largest absolute Gasteiger partial charge is 0.383 e. The van der Waals surface area contributed by atoms with Crippen molar-refractivity contribution in [2.45, 2.75) is 46.1 Å². The smallest absolute Gasteiger partial charge is 0.135 e. The zero-order chi connectivity index (χ0) is 14.7. The van der Waals surface area contributed by atoms with E-state index in [4.69, 9.17) is 5.73 Å². The van der Waals surface area contributed by atoms with E-state index in [9.17, 15) is 0 Å². The molecule has 0 radical (unpaired) electrons. The van der Waals surface area contributed by atoms with Crippen molar-refractivity contribution in [3.05, 3.63) is 33.8 Å². The molecule has 2 aromatic heterocycles. The molecular weight excluding hydrogens is 268 g/mol. The lowest BCUT2D eigenvalue weighted by Gasteiger charge is -2.19. The second-order valence-corrected chi connectivity index (χ2v) is 6.20. The minimum absolute atomic E-state index is 0.264. The summed E-state index contributed by atoms with van der Waals surface area (Å²) in [6.45, 7) is 8.28. The summed E-state index contributed by atoms with van der Waals surface area (Å²) >= 11 is 1.76. The first-order chi connectivity index (χ1) is 9.52. The number of nitrogens with two attached hydrogens (primary N) is 1. The molecule has 5 heteroatoms. The van der Waals surface area contributed by atoms with Gasteiger partial charge in [-0.15, -0.1) is 11.3 Å². The molecule has 0 aliphatic carbocycles. The molecule has 2 rings (SSSR count). The molecular formula is C15H22N4S. The molecule has 0 saturated carbocycles. The van der Waals surface area contributed by atoms with Crippen molar-refractivity contribution in [2.24, 2.45) is 0 Å². The SMILES string of the molecule is CCC(Nc1nc(C(C)C)nc(N)c1C)c1cccs1. The van der Waals surface area contributed by atoms with Crippen LogP contribution in [0.2, 0.25) is 0 Å². The number of rotatable bonds is 5. The van der Waals surface area contributed by atoms with Gasteiger partial charge in [0.05, 0.1) is 6.04 Å². The standard InChI is InChI=1S/C15H22N4S/c1-5-11(12-7-6-8-20-12)17-15-10(4)13(16)18-14(19-15)9(2)3/h6-9,11H,5H2,1-4H3,(H3,16,17,18,19). The van der Waals surface area contributed by atoms with Gasteiger partial charge in [-0.2, -0.15) is 0 Å². The van der Waals surface area contributed by atoms with Gasteiger partial charge in [0.1, 0.15) is 17.5 Å². The minimum Gasteiger partial charge on any atom is -0.383 e. The number of hydrogen-bond acceptors (Lipinski definition) is 5. The van der Waals surface area contributed by atoms with E-state index in [0.29, 0.717) is 5.82 Å². The molecule has 0 aliphatic rings. The van der Waals surface area contributed by atoms with Crippen molar-refractivity contribution >= 4 is 23.0 Å². The molecule has 3 N–H and O–H groups in total. The third-order valence-corrected chi connectivity index (χ3v) is 4.31. The fraction of sp³-hybridized carbons (Fsp3) is 0.467. The van der Waals surface area contributed by atoms with Crippen molar-refractivity contribution in [1.82, 2.24) is 9.97 Å². The van der Waals surface area contributed by atoms with Crippen LogP contribution in [0.4, 0.5) is 11.6 Å². The Morgan fingerprint density at radius 1 is 1.35 bits per heavy atom. The Balaban J connectivity index is 2.32. The Hall–Kier alpha value is -1.62. The fourth-order valence-electron chi connectivity index (χ4n) is 1.98. The average Bonchev–Trinajstić information content (AvgIpc) is 2.93. The van der Waals surface area contributed by atoms with Crippen LogP contribution in [0.1, 0.15) is 55.4 Å². The van der Waals surface area contributed by atoms with E-state index in [0.717, 1.165) is 23.6 Å². The lowest BCUT2D eigenvalue weighted by Crippen LogP contribution is -2.14. The van der Waals surface area contributed by atoms with Crippen LogP contribution in [-0.4, -0.2) is 9.97 Å². The summed E-state index contributed by atoms with van der Waals surface area (Å²) < 4.78 is 0. The van der Waals surface area contributed by atoms with Crippen molar-refractivity contribution in [3.63, 3.8) is 0 Å². The Labute approximate surface area is 124 Å². The van der Waals surface area contributed by atoms with Crippen LogP contribution in [0.3, 0.4) is 0 Å². The Kier molecular flexibility index (Phi) is 4.60. The number of anilines is 2. The lowest BCUT2D eigenvalue weighted by atomic mass is 10.1. The average molecular weight is 290 g/mol. The molecule has 0 aromatic carbocycles. The van der Waals surface area contributed by atoms with E-state index in [2.05, 4.69) is 53.6 Å². The Morgan fingerprint density at radius 2 is 2.10 bits per heavy atom. The van der Waals surface area contributed by atoms with Crippen LogP contribution in [0.15, 0.2) is 17.5 Å². The van der Waals surface area contributed by atoms with Gasteiger partial charge in [0.2, 0.25) is 0 Å². The molecule has 4 nitrogen and oxygen atoms in total. The van der Waals surface area contributed by atoms with Gasteiger partial charge in [0.15, 0.2) is 0 Å². The van der Waals surface area contributed by atoms with Gasteiger partial charge in [-0.3, -0.25) is 0 Å². The third kappa shape index (κ3) is 3.10. The molecule has 1 atom stereocenters. The van der Waals surface area contributed by atoms with E-state index >= 15 is 0 Å². The molecule has 0 bridgehead atoms. The molecule has 20 heavy (non-hydrogen) atoms. The topological polar surface area (TPSA) is 63.8 Å². The van der Waals surface area contributed by atoms with Gasteiger partial charge < -0.3 is 11.1 Å². The van der Waals surface area contributed by atoms with Crippen molar-refractivity contribution in [3.8, 4) is 0 Å². The van der Waals surface area contributed by atoms with Crippen molar-refractivity contribution < 1.29 is 0 Å². The summed E-state index contributed by atoms with van der Waals surface area (Å²) in [6.07, 6.45) is 1.00. The summed E-state index contributed by atoms with van der Waals surface area (Å²) in [7, 11) is 0. The molecule has 0 spiro atoms. The van der Waals surface area contributed by atoms with Crippen LogP contribution >= 0.6 is 11.3 Å². The maximum absolute atomic E-state index is 6.01. The fourth-order valence-corrected chi connectivity index (χ4v) is 2.84. The van der Waals surface area contributed by atoms with Crippen LogP contribution in [-0.2, 0) is 0 Å². The van der Waals surface area contributed by atoms with Crippen LogP contribution in [0.5, 0.6) is 0 Å². The highest BCUT2D eigenvalue weighted by Gasteiger charge is 2.16. The normalized spacial score (nSPS) is 12.7. The lowest BCUT2D eigenvalue weighted by molar-refractivity contribution is 0.739. The van der Waals surface area contributed by atoms with Gasteiger partial charge in [-0.25, -0.2) is 9.97 Å². The molecule has 108 valence electrons. The third-order valence-electron chi connectivity index (χ3n) is 3.32. The van der Waals surface area contributed by atoms with Gasteiger partial charge >= 0.3 is 0 Å². The molecule has 2 aromatic rings. The number of aromatic nitrogens is 2. The number of thiophene rings is 1.